The Labute approximate surface area is 261 Å². The van der Waals surface area contributed by atoms with Crippen molar-refractivity contribution in [2.24, 2.45) is 10.8 Å². The molecule has 0 spiro atoms. The minimum atomic E-state index is -1.16. The minimum Gasteiger partial charge on any atom is -0.496 e. The van der Waals surface area contributed by atoms with Crippen molar-refractivity contribution >= 4 is 34.8 Å². The van der Waals surface area contributed by atoms with Crippen LogP contribution in [0.3, 0.4) is 0 Å². The summed E-state index contributed by atoms with van der Waals surface area (Å²) >= 11 is 0. The molecule has 0 radical (unpaired) electrons. The third-order valence-corrected chi connectivity index (χ3v) is 9.04. The van der Waals surface area contributed by atoms with Crippen LogP contribution >= 0.6 is 0 Å². The Morgan fingerprint density at radius 1 is 1.14 bits per heavy atom. The number of methoxy groups -OCH3 is 2. The summed E-state index contributed by atoms with van der Waals surface area (Å²) < 4.78 is 17.1. The van der Waals surface area contributed by atoms with Gasteiger partial charge in [-0.15, -0.1) is 6.58 Å². The summed E-state index contributed by atoms with van der Waals surface area (Å²) in [7, 11) is 3.13. The van der Waals surface area contributed by atoms with Crippen LogP contribution in [0.25, 0.3) is 16.8 Å². The molecule has 1 fully saturated rings. The van der Waals surface area contributed by atoms with E-state index in [2.05, 4.69) is 18.5 Å². The molecule has 1 saturated heterocycles. The highest BCUT2D eigenvalue weighted by molar-refractivity contribution is 5.91. The van der Waals surface area contributed by atoms with Gasteiger partial charge in [-0.1, -0.05) is 65.5 Å². The van der Waals surface area contributed by atoms with Gasteiger partial charge in [0.2, 0.25) is 5.91 Å². The molecule has 0 aromatic heterocycles. The number of ether oxygens (including phenoxy) is 3. The van der Waals surface area contributed by atoms with Gasteiger partial charge in [-0.3, -0.25) is 4.79 Å². The molecular weight excluding hydrogens is 560 g/mol. The summed E-state index contributed by atoms with van der Waals surface area (Å²) in [5.41, 5.74) is -0.488. The molecule has 3 rings (SSSR count). The lowest BCUT2D eigenvalue weighted by molar-refractivity contribution is -0.150. The number of allylic oxidation sites excluding steroid dienone is 1. The molecule has 2 amide bonds. The van der Waals surface area contributed by atoms with E-state index in [-0.39, 0.29) is 25.0 Å². The van der Waals surface area contributed by atoms with E-state index in [0.29, 0.717) is 12.2 Å². The first kappa shape index (κ1) is 34.6. The zero-order valence-corrected chi connectivity index (χ0v) is 27.2. The number of nitrogens with one attached hydrogen (secondary N) is 1. The first-order valence-corrected chi connectivity index (χ1v) is 15.0. The third kappa shape index (κ3) is 7.44. The van der Waals surface area contributed by atoms with E-state index in [1.54, 1.807) is 13.2 Å². The van der Waals surface area contributed by atoms with E-state index in [4.69, 9.17) is 14.2 Å². The number of carboxylic acids is 1. The predicted octanol–water partition coefficient (Wildman–Crippen LogP) is 6.54. The molecule has 2 aromatic rings. The number of carbonyl (C=O) groups is 3. The van der Waals surface area contributed by atoms with E-state index >= 15 is 0 Å². The van der Waals surface area contributed by atoms with Crippen LogP contribution in [0.1, 0.15) is 71.4 Å². The number of hydrogen-bond acceptors (Lipinski definition) is 6. The summed E-state index contributed by atoms with van der Waals surface area (Å²) in [6.07, 6.45) is 4.99. The van der Waals surface area contributed by atoms with Gasteiger partial charge in [0.25, 0.3) is 0 Å². The number of likely N-dealkylation sites (tertiary alicyclic amines) is 1. The molecule has 2 aromatic carbocycles. The predicted molar refractivity (Wildman–Crippen MR) is 173 cm³/mol. The fourth-order valence-corrected chi connectivity index (χ4v) is 5.66. The molecule has 0 saturated carbocycles. The second-order valence-corrected chi connectivity index (χ2v) is 13.1. The molecule has 3 atom stereocenters. The lowest BCUT2D eigenvalue weighted by Gasteiger charge is -2.37. The molecule has 2 unspecified atom stereocenters. The number of alkyl carbamates (subject to hydrolysis) is 1. The fraction of sp³-hybridized carbons (Fsp3) is 0.514. The molecule has 1 aliphatic rings. The van der Waals surface area contributed by atoms with E-state index in [9.17, 15) is 19.5 Å². The van der Waals surface area contributed by atoms with Crippen molar-refractivity contribution in [2.75, 3.05) is 27.4 Å². The first-order chi connectivity index (χ1) is 20.7. The van der Waals surface area contributed by atoms with Gasteiger partial charge < -0.3 is 29.5 Å². The highest BCUT2D eigenvalue weighted by Gasteiger charge is 2.53. The Kier molecular flexibility index (Phi) is 10.9. The number of benzene rings is 2. The van der Waals surface area contributed by atoms with Crippen molar-refractivity contribution in [3.63, 3.8) is 0 Å². The Morgan fingerprint density at radius 2 is 1.84 bits per heavy atom. The standard InChI is InChI=1S/C35H48N2O7/c1-10-13-16-33(4,5)22-44-32(41)36-29(34(6,7)12-3)30(38)37-21-35(43-9,20-27(37)31(39)40)26-15-14-24-19-28(42-8)23(11-2)17-25(24)18-26/h10-11,14-15,17-19,27,29H,1-2,12-13,16,20-22H2,3-9H3,(H,36,41)(H,39,40)/t27?,29-,35?/m1/s1. The van der Waals surface area contributed by atoms with E-state index in [1.165, 1.54) is 12.0 Å². The maximum Gasteiger partial charge on any atom is 0.407 e. The van der Waals surface area contributed by atoms with Crippen LogP contribution in [0, 0.1) is 10.8 Å². The molecule has 0 bridgehead atoms. The van der Waals surface area contributed by atoms with Gasteiger partial charge in [-0.25, -0.2) is 9.59 Å². The lowest BCUT2D eigenvalue weighted by Crippen LogP contribution is -2.57. The summed E-state index contributed by atoms with van der Waals surface area (Å²) in [6.45, 7) is 17.4. The lowest BCUT2D eigenvalue weighted by atomic mass is 9.81. The zero-order valence-electron chi connectivity index (χ0n) is 27.2. The number of hydrogen-bond donors (Lipinski definition) is 2. The summed E-state index contributed by atoms with van der Waals surface area (Å²) in [5.74, 6) is -0.942. The van der Waals surface area contributed by atoms with Gasteiger partial charge >= 0.3 is 12.1 Å². The van der Waals surface area contributed by atoms with E-state index < -0.39 is 41.1 Å². The second kappa shape index (κ2) is 13.8. The van der Waals surface area contributed by atoms with E-state index in [1.807, 2.05) is 71.0 Å². The van der Waals surface area contributed by atoms with Crippen LogP contribution in [-0.4, -0.2) is 67.4 Å². The maximum atomic E-state index is 14.2. The number of fused-ring (bicyclic) bond motifs is 1. The summed E-state index contributed by atoms with van der Waals surface area (Å²) in [5, 5.41) is 14.9. The number of aliphatic carboxylic acids is 1. The SMILES string of the molecule is C=CCCC(C)(C)COC(=O)N[C@H](C(=O)N1CC(OC)(c2ccc3cc(OC)c(C=C)cc3c2)CC1C(=O)O)C(C)(C)CC. The molecular formula is C35H48N2O7. The first-order valence-electron chi connectivity index (χ1n) is 15.0. The monoisotopic (exact) mass is 608 g/mol. The quantitative estimate of drug-likeness (QED) is 0.234. The zero-order chi connectivity index (χ0) is 32.9. The van der Waals surface area contributed by atoms with Crippen molar-refractivity contribution < 1.29 is 33.7 Å². The largest absolute Gasteiger partial charge is 0.496 e. The minimum absolute atomic E-state index is 0.00309. The summed E-state index contributed by atoms with van der Waals surface area (Å²) in [4.78, 5) is 41.2. The van der Waals surface area contributed by atoms with Gasteiger partial charge in [0.15, 0.2) is 0 Å². The average molecular weight is 609 g/mol. The Bertz CT molecular complexity index is 1400. The maximum absolute atomic E-state index is 14.2. The van der Waals surface area contributed by atoms with Crippen LogP contribution in [-0.2, 0) is 24.7 Å². The molecule has 1 heterocycles. The van der Waals surface area contributed by atoms with Crippen molar-refractivity contribution in [2.45, 2.75) is 78.0 Å². The number of carbonyl (C=O) groups excluding carboxylic acids is 2. The highest BCUT2D eigenvalue weighted by Crippen LogP contribution is 2.42. The van der Waals surface area contributed by atoms with Crippen LogP contribution in [0.4, 0.5) is 4.79 Å². The van der Waals surface area contributed by atoms with Gasteiger partial charge in [0, 0.05) is 19.1 Å². The molecule has 9 nitrogen and oxygen atoms in total. The Morgan fingerprint density at radius 3 is 2.41 bits per heavy atom. The molecule has 2 N–H and O–H groups in total. The topological polar surface area (TPSA) is 114 Å². The van der Waals surface area contributed by atoms with Crippen molar-refractivity contribution in [1.29, 1.82) is 0 Å². The number of nitrogens with zero attached hydrogens (tertiary/aromatic N) is 1. The molecule has 1 aliphatic heterocycles. The molecule has 0 aliphatic carbocycles. The number of amides is 2. The highest BCUT2D eigenvalue weighted by atomic mass is 16.5. The fourth-order valence-electron chi connectivity index (χ4n) is 5.66. The van der Waals surface area contributed by atoms with Crippen molar-refractivity contribution in [3.05, 3.63) is 60.7 Å². The Balaban J connectivity index is 1.95. The van der Waals surface area contributed by atoms with Crippen molar-refractivity contribution in [3.8, 4) is 5.75 Å². The van der Waals surface area contributed by atoms with Crippen LogP contribution in [0.2, 0.25) is 0 Å². The van der Waals surface area contributed by atoms with E-state index in [0.717, 1.165) is 34.7 Å². The number of rotatable bonds is 14. The van der Waals surface area contributed by atoms with Gasteiger partial charge in [0.05, 0.1) is 20.3 Å². The van der Waals surface area contributed by atoms with Crippen molar-refractivity contribution in [1.82, 2.24) is 10.2 Å². The summed E-state index contributed by atoms with van der Waals surface area (Å²) in [6, 6.07) is 7.46. The second-order valence-electron chi connectivity index (χ2n) is 13.1. The van der Waals surface area contributed by atoms with Crippen LogP contribution in [0.15, 0.2) is 49.6 Å². The molecule has 44 heavy (non-hydrogen) atoms. The third-order valence-electron chi connectivity index (χ3n) is 9.04. The normalized spacial score (nSPS) is 19.3. The smallest absolute Gasteiger partial charge is 0.407 e. The average Bonchev–Trinajstić information content (AvgIpc) is 3.42. The Hall–Kier alpha value is -3.85. The number of carboxylic acid groups (broad SMARTS) is 1. The van der Waals surface area contributed by atoms with Crippen LogP contribution < -0.4 is 10.1 Å². The van der Waals surface area contributed by atoms with Gasteiger partial charge in [-0.2, -0.15) is 0 Å². The van der Waals surface area contributed by atoms with Gasteiger partial charge in [0.1, 0.15) is 23.4 Å². The molecule has 9 heteroatoms. The van der Waals surface area contributed by atoms with Crippen LogP contribution in [0.5, 0.6) is 5.75 Å². The molecule has 240 valence electrons. The van der Waals surface area contributed by atoms with Gasteiger partial charge in [-0.05, 0) is 64.6 Å².